The Morgan fingerprint density at radius 1 is 1.10 bits per heavy atom. The summed E-state index contributed by atoms with van der Waals surface area (Å²) >= 11 is 0. The first-order chi connectivity index (χ1) is 14.8. The SMILES string of the molecule is CC(O)c1ccccc1C(=O)[C@H]1CC[C@H]2[C@@H]3CC[C@H]4NC(=O)C=C[C@]4(C)[C@H]3CC[C@]12C. The largest absolute Gasteiger partial charge is 0.389 e. The molecule has 0 spiro atoms. The van der Waals surface area contributed by atoms with Crippen LogP contribution in [0.2, 0.25) is 0 Å². The van der Waals surface area contributed by atoms with Crippen LogP contribution >= 0.6 is 0 Å². The summed E-state index contributed by atoms with van der Waals surface area (Å²) in [6, 6.07) is 7.84. The quantitative estimate of drug-likeness (QED) is 0.687. The predicted molar refractivity (Wildman–Crippen MR) is 120 cm³/mol. The molecule has 166 valence electrons. The van der Waals surface area contributed by atoms with Crippen molar-refractivity contribution < 1.29 is 14.7 Å². The number of aliphatic hydroxyl groups excluding tert-OH is 1. The Kier molecular flexibility index (Phi) is 4.93. The second-order valence-corrected chi connectivity index (χ2v) is 11.0. The van der Waals surface area contributed by atoms with Gasteiger partial charge in [0.2, 0.25) is 5.91 Å². The van der Waals surface area contributed by atoms with Crippen LogP contribution in [0, 0.1) is 34.5 Å². The van der Waals surface area contributed by atoms with E-state index in [1.54, 1.807) is 13.0 Å². The molecule has 4 heteroatoms. The van der Waals surface area contributed by atoms with Crippen molar-refractivity contribution in [1.82, 2.24) is 5.32 Å². The fraction of sp³-hybridized carbons (Fsp3) is 0.630. The van der Waals surface area contributed by atoms with E-state index in [1.165, 1.54) is 0 Å². The average molecular weight is 422 g/mol. The van der Waals surface area contributed by atoms with Gasteiger partial charge in [-0.2, -0.15) is 0 Å². The molecule has 8 atom stereocenters. The summed E-state index contributed by atoms with van der Waals surface area (Å²) in [4.78, 5) is 25.7. The van der Waals surface area contributed by atoms with Crippen LogP contribution in [0.5, 0.6) is 0 Å². The van der Waals surface area contributed by atoms with Gasteiger partial charge in [0, 0.05) is 22.9 Å². The minimum absolute atomic E-state index is 0.0227. The number of Topliss-reactive ketones (excluding diaryl/α,β-unsaturated/α-hetero) is 1. The summed E-state index contributed by atoms with van der Waals surface area (Å²) in [5.74, 6) is 2.05. The Morgan fingerprint density at radius 3 is 2.65 bits per heavy atom. The Hall–Kier alpha value is -1.94. The standard InChI is InChI=1S/C27H35NO3/c1-16(29)17-6-4-5-7-18(17)25(31)22-10-9-20-19-8-11-23-27(3,15-13-24(30)28-23)21(19)12-14-26(20,22)2/h4-7,13,15-16,19-23,29H,8-12,14H2,1-3H3,(H,28,30)/t16?,19-,20-,21-,22+,23+,26-,27+/m0/s1. The summed E-state index contributed by atoms with van der Waals surface area (Å²) in [7, 11) is 0. The first-order valence-electron chi connectivity index (χ1n) is 12.1. The van der Waals surface area contributed by atoms with E-state index >= 15 is 0 Å². The number of aliphatic hydroxyl groups is 1. The lowest BCUT2D eigenvalue weighted by atomic mass is 9.47. The van der Waals surface area contributed by atoms with Crippen LogP contribution in [-0.2, 0) is 4.79 Å². The van der Waals surface area contributed by atoms with Crippen LogP contribution in [-0.4, -0.2) is 22.8 Å². The van der Waals surface area contributed by atoms with Crippen LogP contribution in [0.4, 0.5) is 0 Å². The molecule has 0 saturated heterocycles. The van der Waals surface area contributed by atoms with Gasteiger partial charge in [0.05, 0.1) is 6.10 Å². The van der Waals surface area contributed by atoms with E-state index < -0.39 is 6.10 Å². The molecule has 4 nitrogen and oxygen atoms in total. The molecule has 3 fully saturated rings. The number of carbonyl (C=O) groups is 2. The average Bonchev–Trinajstić information content (AvgIpc) is 3.11. The maximum Gasteiger partial charge on any atom is 0.243 e. The van der Waals surface area contributed by atoms with Crippen LogP contribution in [0.25, 0.3) is 0 Å². The van der Waals surface area contributed by atoms with E-state index in [0.717, 1.165) is 44.1 Å². The van der Waals surface area contributed by atoms with Gasteiger partial charge in [-0.3, -0.25) is 9.59 Å². The van der Waals surface area contributed by atoms with Gasteiger partial charge >= 0.3 is 0 Å². The molecule has 1 aromatic rings. The third-order valence-corrected chi connectivity index (χ3v) is 9.68. The summed E-state index contributed by atoms with van der Waals surface area (Å²) in [6.07, 6.45) is 9.71. The highest BCUT2D eigenvalue weighted by Gasteiger charge is 2.60. The number of hydrogen-bond acceptors (Lipinski definition) is 3. The lowest BCUT2D eigenvalue weighted by Gasteiger charge is -2.58. The number of amides is 1. The van der Waals surface area contributed by atoms with Gasteiger partial charge in [-0.1, -0.05) is 44.2 Å². The zero-order chi connectivity index (χ0) is 22.0. The number of nitrogens with one attached hydrogen (secondary N) is 1. The van der Waals surface area contributed by atoms with Gasteiger partial charge < -0.3 is 10.4 Å². The summed E-state index contributed by atoms with van der Waals surface area (Å²) in [6.45, 7) is 6.44. The molecule has 3 aliphatic carbocycles. The van der Waals surface area contributed by atoms with Gasteiger partial charge in [-0.05, 0) is 80.3 Å². The molecule has 0 aromatic heterocycles. The number of hydrogen-bond donors (Lipinski definition) is 2. The van der Waals surface area contributed by atoms with E-state index in [2.05, 4.69) is 25.2 Å². The number of carbonyl (C=O) groups excluding carboxylic acids is 2. The lowest BCUT2D eigenvalue weighted by Crippen LogP contribution is -2.59. The molecule has 1 amide bonds. The van der Waals surface area contributed by atoms with Crippen molar-refractivity contribution in [3.8, 4) is 0 Å². The maximum absolute atomic E-state index is 13.7. The van der Waals surface area contributed by atoms with Gasteiger partial charge in [-0.25, -0.2) is 0 Å². The van der Waals surface area contributed by atoms with Gasteiger partial charge in [0.25, 0.3) is 0 Å². The van der Waals surface area contributed by atoms with E-state index in [-0.39, 0.29) is 34.5 Å². The monoisotopic (exact) mass is 421 g/mol. The second kappa shape index (κ2) is 7.30. The molecular formula is C27H35NO3. The van der Waals surface area contributed by atoms with E-state index in [9.17, 15) is 14.7 Å². The fourth-order valence-corrected chi connectivity index (χ4v) is 8.04. The molecule has 2 N–H and O–H groups in total. The molecule has 31 heavy (non-hydrogen) atoms. The molecule has 1 aromatic carbocycles. The first-order valence-corrected chi connectivity index (χ1v) is 12.1. The van der Waals surface area contributed by atoms with Crippen LogP contribution in [0.15, 0.2) is 36.4 Å². The molecule has 0 radical (unpaired) electrons. The molecule has 1 aliphatic heterocycles. The first kappa shape index (κ1) is 20.9. The third-order valence-electron chi connectivity index (χ3n) is 9.68. The predicted octanol–water partition coefficient (Wildman–Crippen LogP) is 4.84. The maximum atomic E-state index is 13.7. The van der Waals surface area contributed by atoms with Gasteiger partial charge in [0.1, 0.15) is 0 Å². The normalized spacial score (nSPS) is 42.2. The highest BCUT2D eigenvalue weighted by Crippen LogP contribution is 2.65. The number of fused-ring (bicyclic) bond motifs is 5. The summed E-state index contributed by atoms with van der Waals surface area (Å²) < 4.78 is 0. The van der Waals surface area contributed by atoms with E-state index in [1.807, 2.05) is 24.3 Å². The Labute approximate surface area is 185 Å². The zero-order valence-electron chi connectivity index (χ0n) is 18.9. The molecule has 1 unspecified atom stereocenters. The molecular weight excluding hydrogens is 386 g/mol. The zero-order valence-corrected chi connectivity index (χ0v) is 18.9. The molecule has 1 heterocycles. The third kappa shape index (κ3) is 3.05. The number of benzene rings is 1. The Balaban J connectivity index is 1.44. The van der Waals surface area contributed by atoms with Crippen LogP contribution in [0.1, 0.15) is 81.3 Å². The fourth-order valence-electron chi connectivity index (χ4n) is 8.04. The second-order valence-electron chi connectivity index (χ2n) is 11.0. The van der Waals surface area contributed by atoms with Crippen molar-refractivity contribution in [3.05, 3.63) is 47.5 Å². The topological polar surface area (TPSA) is 66.4 Å². The smallest absolute Gasteiger partial charge is 0.243 e. The lowest BCUT2D eigenvalue weighted by molar-refractivity contribution is -0.122. The van der Waals surface area contributed by atoms with Gasteiger partial charge in [0.15, 0.2) is 5.78 Å². The van der Waals surface area contributed by atoms with Crippen molar-refractivity contribution in [2.75, 3.05) is 0 Å². The van der Waals surface area contributed by atoms with Crippen LogP contribution < -0.4 is 5.32 Å². The van der Waals surface area contributed by atoms with Crippen molar-refractivity contribution in [3.63, 3.8) is 0 Å². The molecule has 4 aliphatic rings. The van der Waals surface area contributed by atoms with Crippen molar-refractivity contribution >= 4 is 11.7 Å². The van der Waals surface area contributed by atoms with Crippen molar-refractivity contribution in [1.29, 1.82) is 0 Å². The highest BCUT2D eigenvalue weighted by molar-refractivity contribution is 6.00. The van der Waals surface area contributed by atoms with Crippen molar-refractivity contribution in [2.24, 2.45) is 34.5 Å². The van der Waals surface area contributed by atoms with E-state index in [4.69, 9.17) is 0 Å². The van der Waals surface area contributed by atoms with Crippen molar-refractivity contribution in [2.45, 2.75) is 71.4 Å². The number of rotatable bonds is 3. The number of ketones is 1. The summed E-state index contributed by atoms with van der Waals surface area (Å²) in [5, 5.41) is 13.4. The molecule has 5 rings (SSSR count). The minimum Gasteiger partial charge on any atom is -0.389 e. The Bertz CT molecular complexity index is 936. The molecule has 3 saturated carbocycles. The molecule has 0 bridgehead atoms. The minimum atomic E-state index is -0.635. The van der Waals surface area contributed by atoms with Gasteiger partial charge in [-0.15, -0.1) is 0 Å². The summed E-state index contributed by atoms with van der Waals surface area (Å²) in [5.41, 5.74) is 1.51. The highest BCUT2D eigenvalue weighted by atomic mass is 16.3. The van der Waals surface area contributed by atoms with E-state index in [0.29, 0.717) is 23.3 Å². The van der Waals surface area contributed by atoms with Crippen LogP contribution in [0.3, 0.4) is 0 Å². The Morgan fingerprint density at radius 2 is 1.87 bits per heavy atom.